The van der Waals surface area contributed by atoms with Gasteiger partial charge in [0.25, 0.3) is 11.8 Å². The number of aryl methyl sites for hydroxylation is 2. The van der Waals surface area contributed by atoms with E-state index in [0.29, 0.717) is 17.5 Å². The first-order valence-electron chi connectivity index (χ1n) is 9.59. The number of benzene rings is 1. The molecule has 1 aliphatic carbocycles. The summed E-state index contributed by atoms with van der Waals surface area (Å²) in [4.78, 5) is 26.6. The maximum absolute atomic E-state index is 12.6. The van der Waals surface area contributed by atoms with E-state index in [0.717, 1.165) is 60.4 Å². The molecule has 1 aromatic carbocycles. The fourth-order valence-electron chi connectivity index (χ4n) is 3.96. The third-order valence-electron chi connectivity index (χ3n) is 5.41. The molecule has 1 fully saturated rings. The van der Waals surface area contributed by atoms with Crippen LogP contribution in [0.2, 0.25) is 0 Å². The van der Waals surface area contributed by atoms with E-state index in [1.165, 1.54) is 5.56 Å². The Kier molecular flexibility index (Phi) is 3.89. The smallest absolute Gasteiger partial charge is 0.289 e. The molecule has 0 radical (unpaired) electrons. The summed E-state index contributed by atoms with van der Waals surface area (Å²) in [7, 11) is 0. The molecule has 1 amide bonds. The highest BCUT2D eigenvalue weighted by Gasteiger charge is 2.24. The number of nitrogens with one attached hydrogen (secondary N) is 1. The largest absolute Gasteiger partial charge is 0.337 e. The van der Waals surface area contributed by atoms with Gasteiger partial charge in [-0.3, -0.25) is 4.79 Å². The van der Waals surface area contributed by atoms with Gasteiger partial charge in [-0.1, -0.05) is 17.3 Å². The molecular weight excluding hydrogens is 354 g/mol. The molecule has 1 N–H and O–H groups in total. The van der Waals surface area contributed by atoms with Gasteiger partial charge in [0.15, 0.2) is 11.6 Å². The van der Waals surface area contributed by atoms with E-state index in [2.05, 4.69) is 44.4 Å². The SMILES string of the molecule is Cc1noc(C2=Cc3cc(-c4nc(C(=O)N5CCCC5)[nH]c4C)ccc3C2)n1. The molecule has 7 heteroatoms. The van der Waals surface area contributed by atoms with Crippen molar-refractivity contribution in [3.8, 4) is 11.3 Å². The maximum Gasteiger partial charge on any atom is 0.289 e. The summed E-state index contributed by atoms with van der Waals surface area (Å²) in [6.07, 6.45) is 4.99. The first-order chi connectivity index (χ1) is 13.6. The standard InChI is InChI=1S/C21H21N5O2/c1-12-18(24-19(22-12)21(27)26-7-3-4-8-26)15-6-5-14-9-17(11-16(14)10-15)20-23-13(2)25-28-20/h5-6,10-11H,3-4,7-9H2,1-2H3,(H,22,24). The van der Waals surface area contributed by atoms with Crippen molar-refractivity contribution in [2.75, 3.05) is 13.1 Å². The van der Waals surface area contributed by atoms with Crippen LogP contribution in [0.25, 0.3) is 22.9 Å². The summed E-state index contributed by atoms with van der Waals surface area (Å²) in [5.74, 6) is 1.62. The van der Waals surface area contributed by atoms with Crippen molar-refractivity contribution < 1.29 is 9.32 Å². The minimum absolute atomic E-state index is 0.0121. The van der Waals surface area contributed by atoms with Crippen LogP contribution in [0.4, 0.5) is 0 Å². The van der Waals surface area contributed by atoms with E-state index < -0.39 is 0 Å². The lowest BCUT2D eigenvalue weighted by Gasteiger charge is -2.12. The van der Waals surface area contributed by atoms with Gasteiger partial charge in [-0.2, -0.15) is 4.98 Å². The third kappa shape index (κ3) is 2.83. The van der Waals surface area contributed by atoms with Crippen molar-refractivity contribution in [3.05, 3.63) is 52.6 Å². The topological polar surface area (TPSA) is 87.9 Å². The van der Waals surface area contributed by atoms with Gasteiger partial charge in [0, 0.05) is 36.3 Å². The summed E-state index contributed by atoms with van der Waals surface area (Å²) in [6.45, 7) is 5.40. The Hall–Kier alpha value is -3.22. The Morgan fingerprint density at radius 3 is 2.75 bits per heavy atom. The molecule has 3 aromatic rings. The van der Waals surface area contributed by atoms with Crippen LogP contribution in [0.5, 0.6) is 0 Å². The van der Waals surface area contributed by atoms with Crippen LogP contribution in [0, 0.1) is 13.8 Å². The van der Waals surface area contributed by atoms with Crippen molar-refractivity contribution in [2.24, 2.45) is 0 Å². The number of fused-ring (bicyclic) bond motifs is 1. The fourth-order valence-corrected chi connectivity index (χ4v) is 3.96. The Labute approximate surface area is 162 Å². The molecule has 5 rings (SSSR count). The van der Waals surface area contributed by atoms with Gasteiger partial charge < -0.3 is 14.4 Å². The molecule has 2 aliphatic rings. The van der Waals surface area contributed by atoms with Crippen molar-refractivity contribution in [2.45, 2.75) is 33.1 Å². The molecule has 0 unspecified atom stereocenters. The predicted octanol–water partition coefficient (Wildman–Crippen LogP) is 3.41. The second-order valence-corrected chi connectivity index (χ2v) is 7.47. The quantitative estimate of drug-likeness (QED) is 0.758. The molecule has 1 saturated heterocycles. The lowest BCUT2D eigenvalue weighted by molar-refractivity contribution is 0.0782. The van der Waals surface area contributed by atoms with Gasteiger partial charge in [0.2, 0.25) is 0 Å². The third-order valence-corrected chi connectivity index (χ3v) is 5.41. The zero-order valence-corrected chi connectivity index (χ0v) is 16.0. The van der Waals surface area contributed by atoms with Crippen LogP contribution in [0.3, 0.4) is 0 Å². The van der Waals surface area contributed by atoms with Crippen LogP contribution in [-0.2, 0) is 6.42 Å². The van der Waals surface area contributed by atoms with E-state index in [1.54, 1.807) is 0 Å². The van der Waals surface area contributed by atoms with Gasteiger partial charge >= 0.3 is 0 Å². The Morgan fingerprint density at radius 1 is 1.18 bits per heavy atom. The number of likely N-dealkylation sites (tertiary alicyclic amines) is 1. The Bertz CT molecular complexity index is 1100. The van der Waals surface area contributed by atoms with E-state index in [-0.39, 0.29) is 5.91 Å². The Balaban J connectivity index is 1.45. The molecular formula is C21H21N5O2. The number of carbonyl (C=O) groups is 1. The normalized spacial score (nSPS) is 15.8. The lowest BCUT2D eigenvalue weighted by atomic mass is 10.0. The molecule has 0 atom stereocenters. The molecule has 7 nitrogen and oxygen atoms in total. The van der Waals surface area contributed by atoms with E-state index in [9.17, 15) is 4.79 Å². The summed E-state index contributed by atoms with van der Waals surface area (Å²) in [6, 6.07) is 6.27. The number of rotatable bonds is 3. The number of amides is 1. The number of imidazole rings is 1. The second-order valence-electron chi connectivity index (χ2n) is 7.47. The maximum atomic E-state index is 12.6. The van der Waals surface area contributed by atoms with E-state index in [4.69, 9.17) is 4.52 Å². The van der Waals surface area contributed by atoms with Gasteiger partial charge in [0.1, 0.15) is 0 Å². The zero-order valence-electron chi connectivity index (χ0n) is 16.0. The van der Waals surface area contributed by atoms with Crippen molar-refractivity contribution in [3.63, 3.8) is 0 Å². The summed E-state index contributed by atoms with van der Waals surface area (Å²) < 4.78 is 5.30. The molecule has 0 saturated carbocycles. The Morgan fingerprint density at radius 2 is 2.00 bits per heavy atom. The van der Waals surface area contributed by atoms with E-state index in [1.807, 2.05) is 18.7 Å². The number of hydrogen-bond donors (Lipinski definition) is 1. The van der Waals surface area contributed by atoms with Gasteiger partial charge in [-0.25, -0.2) is 4.98 Å². The van der Waals surface area contributed by atoms with Crippen molar-refractivity contribution in [1.29, 1.82) is 0 Å². The molecule has 0 bridgehead atoms. The van der Waals surface area contributed by atoms with Crippen LogP contribution in [0.15, 0.2) is 22.7 Å². The highest BCUT2D eigenvalue weighted by molar-refractivity contribution is 5.92. The lowest BCUT2D eigenvalue weighted by Crippen LogP contribution is -2.28. The number of carbonyl (C=O) groups excluding carboxylic acids is 1. The van der Waals surface area contributed by atoms with Crippen LogP contribution in [0.1, 0.15) is 52.0 Å². The molecule has 2 aromatic heterocycles. The summed E-state index contributed by atoms with van der Waals surface area (Å²) in [5.41, 5.74) is 6.08. The first-order valence-corrected chi connectivity index (χ1v) is 9.59. The fraction of sp³-hybridized carbons (Fsp3) is 0.333. The highest BCUT2D eigenvalue weighted by atomic mass is 16.5. The summed E-state index contributed by atoms with van der Waals surface area (Å²) >= 11 is 0. The van der Waals surface area contributed by atoms with Gasteiger partial charge in [0.05, 0.1) is 5.69 Å². The van der Waals surface area contributed by atoms with Crippen LogP contribution < -0.4 is 0 Å². The minimum atomic E-state index is -0.0121. The zero-order chi connectivity index (χ0) is 19.3. The number of nitrogens with zero attached hydrogens (tertiary/aromatic N) is 4. The number of aromatic nitrogens is 4. The predicted molar refractivity (Wildman–Crippen MR) is 105 cm³/mol. The molecule has 0 spiro atoms. The number of allylic oxidation sites excluding steroid dienone is 1. The van der Waals surface area contributed by atoms with Crippen LogP contribution >= 0.6 is 0 Å². The molecule has 3 heterocycles. The molecule has 28 heavy (non-hydrogen) atoms. The van der Waals surface area contributed by atoms with Gasteiger partial charge in [-0.15, -0.1) is 0 Å². The average molecular weight is 375 g/mol. The number of H-pyrrole nitrogens is 1. The monoisotopic (exact) mass is 375 g/mol. The van der Waals surface area contributed by atoms with Crippen molar-refractivity contribution >= 4 is 17.6 Å². The minimum Gasteiger partial charge on any atom is -0.337 e. The number of hydrogen-bond acceptors (Lipinski definition) is 5. The number of aromatic amines is 1. The van der Waals surface area contributed by atoms with Crippen LogP contribution in [-0.4, -0.2) is 44.0 Å². The van der Waals surface area contributed by atoms with Crippen molar-refractivity contribution in [1.82, 2.24) is 25.0 Å². The second kappa shape index (κ2) is 6.44. The van der Waals surface area contributed by atoms with Gasteiger partial charge in [-0.05, 0) is 50.0 Å². The molecule has 142 valence electrons. The molecule has 1 aliphatic heterocycles. The summed E-state index contributed by atoms with van der Waals surface area (Å²) in [5, 5.41) is 3.88. The first kappa shape index (κ1) is 16.9. The average Bonchev–Trinajstić information content (AvgIpc) is 3.46. The highest BCUT2D eigenvalue weighted by Crippen LogP contribution is 2.34. The van der Waals surface area contributed by atoms with E-state index >= 15 is 0 Å².